The van der Waals surface area contributed by atoms with Gasteiger partial charge in [-0.3, -0.25) is 9.59 Å². The summed E-state index contributed by atoms with van der Waals surface area (Å²) in [5.41, 5.74) is 0. The summed E-state index contributed by atoms with van der Waals surface area (Å²) in [5, 5.41) is 9.05. The predicted molar refractivity (Wildman–Crippen MR) is 61.0 cm³/mol. The van der Waals surface area contributed by atoms with Crippen LogP contribution in [0.25, 0.3) is 0 Å². The van der Waals surface area contributed by atoms with E-state index in [2.05, 4.69) is 0 Å². The van der Waals surface area contributed by atoms with Crippen LogP contribution in [0.2, 0.25) is 0 Å². The second-order valence-corrected chi connectivity index (χ2v) is 4.87. The molecule has 0 aliphatic heterocycles. The number of esters is 1. The third kappa shape index (κ3) is 5.14. The van der Waals surface area contributed by atoms with Gasteiger partial charge < -0.3 is 9.84 Å². The maximum atomic E-state index is 11.4. The molecule has 2 unspecified atom stereocenters. The van der Waals surface area contributed by atoms with Crippen molar-refractivity contribution in [3.05, 3.63) is 0 Å². The molecule has 0 fully saturated rings. The Balaban J connectivity index is 4.44. The average Bonchev–Trinajstić information content (AvgIpc) is 2.12. The van der Waals surface area contributed by atoms with Crippen molar-refractivity contribution in [1.82, 2.24) is 0 Å². The molecule has 4 nitrogen and oxygen atoms in total. The van der Waals surface area contributed by atoms with Gasteiger partial charge >= 0.3 is 11.9 Å². The summed E-state index contributed by atoms with van der Waals surface area (Å²) in [6.07, 6.45) is -0.0585. The zero-order valence-electron chi connectivity index (χ0n) is 10.7. The Morgan fingerprint density at radius 1 is 1.12 bits per heavy atom. The molecule has 0 saturated carbocycles. The fraction of sp³-hybridized carbons (Fsp3) is 0.833. The van der Waals surface area contributed by atoms with Crippen molar-refractivity contribution in [3.8, 4) is 0 Å². The number of hydrogen-bond donors (Lipinski definition) is 1. The van der Waals surface area contributed by atoms with Crippen LogP contribution in [0.4, 0.5) is 0 Å². The lowest BCUT2D eigenvalue weighted by Gasteiger charge is -2.22. The Bertz CT molecular complexity index is 245. The van der Waals surface area contributed by atoms with Crippen LogP contribution in [0.15, 0.2) is 0 Å². The smallest absolute Gasteiger partial charge is 0.310 e. The number of carboxylic acid groups (broad SMARTS) is 1. The maximum absolute atomic E-state index is 11.4. The molecule has 0 aliphatic carbocycles. The molecule has 0 bridgehead atoms. The van der Waals surface area contributed by atoms with Gasteiger partial charge in [0.25, 0.3) is 0 Å². The van der Waals surface area contributed by atoms with Gasteiger partial charge in [-0.15, -0.1) is 0 Å². The van der Waals surface area contributed by atoms with Gasteiger partial charge in [-0.05, 0) is 19.3 Å². The van der Waals surface area contributed by atoms with Crippen molar-refractivity contribution in [1.29, 1.82) is 0 Å². The largest absolute Gasteiger partial charge is 0.481 e. The molecule has 1 N–H and O–H groups in total. The molecule has 0 radical (unpaired) electrons. The van der Waals surface area contributed by atoms with Gasteiger partial charge in [-0.2, -0.15) is 0 Å². The van der Waals surface area contributed by atoms with E-state index in [9.17, 15) is 9.59 Å². The fourth-order valence-corrected chi connectivity index (χ4v) is 1.40. The number of hydrogen-bond acceptors (Lipinski definition) is 3. The summed E-state index contributed by atoms with van der Waals surface area (Å²) >= 11 is 0. The maximum Gasteiger partial charge on any atom is 0.310 e. The van der Waals surface area contributed by atoms with Crippen LogP contribution in [0.1, 0.15) is 41.0 Å². The summed E-state index contributed by atoms with van der Waals surface area (Å²) in [6.45, 7) is 9.00. The molecule has 0 amide bonds. The summed E-state index contributed by atoms with van der Waals surface area (Å²) in [7, 11) is 0. The van der Waals surface area contributed by atoms with Crippen molar-refractivity contribution in [2.75, 3.05) is 0 Å². The third-order valence-corrected chi connectivity index (χ3v) is 2.38. The van der Waals surface area contributed by atoms with Gasteiger partial charge in [0.2, 0.25) is 0 Å². The number of carbonyl (C=O) groups excluding carboxylic acids is 1. The molecule has 0 aliphatic rings. The Morgan fingerprint density at radius 3 is 1.94 bits per heavy atom. The zero-order valence-corrected chi connectivity index (χ0v) is 10.7. The molecule has 0 saturated heterocycles. The minimum Gasteiger partial charge on any atom is -0.481 e. The van der Waals surface area contributed by atoms with E-state index in [1.807, 2.05) is 13.8 Å². The molecule has 0 aromatic carbocycles. The lowest BCUT2D eigenvalue weighted by Crippen LogP contribution is -2.32. The summed E-state index contributed by atoms with van der Waals surface area (Å²) in [5.74, 6) is -1.83. The fourth-order valence-electron chi connectivity index (χ4n) is 1.40. The van der Waals surface area contributed by atoms with Crippen molar-refractivity contribution in [2.45, 2.75) is 47.1 Å². The number of carboxylic acids is 1. The molecule has 0 rings (SSSR count). The van der Waals surface area contributed by atoms with E-state index in [-0.39, 0.29) is 17.8 Å². The van der Waals surface area contributed by atoms with E-state index >= 15 is 0 Å². The minimum atomic E-state index is -0.905. The van der Waals surface area contributed by atoms with Crippen LogP contribution < -0.4 is 0 Å². The molecular weight excluding hydrogens is 208 g/mol. The Hall–Kier alpha value is -1.06. The van der Waals surface area contributed by atoms with Crippen LogP contribution in [-0.4, -0.2) is 23.1 Å². The van der Waals surface area contributed by atoms with E-state index in [4.69, 9.17) is 9.84 Å². The first-order valence-corrected chi connectivity index (χ1v) is 5.69. The normalized spacial score (nSPS) is 14.9. The van der Waals surface area contributed by atoms with Crippen molar-refractivity contribution in [3.63, 3.8) is 0 Å². The number of ether oxygens (including phenoxy) is 1. The third-order valence-electron chi connectivity index (χ3n) is 2.38. The molecule has 0 spiro atoms. The van der Waals surface area contributed by atoms with Crippen LogP contribution in [0.5, 0.6) is 0 Å². The highest BCUT2D eigenvalue weighted by molar-refractivity contribution is 5.74. The molecule has 94 valence electrons. The van der Waals surface area contributed by atoms with Gasteiger partial charge in [0, 0.05) is 0 Å². The van der Waals surface area contributed by atoms with Crippen molar-refractivity contribution >= 4 is 11.9 Å². The van der Waals surface area contributed by atoms with Gasteiger partial charge in [0.15, 0.2) is 0 Å². The zero-order chi connectivity index (χ0) is 12.9. The molecule has 0 aromatic rings. The highest BCUT2D eigenvalue weighted by atomic mass is 16.5. The first kappa shape index (κ1) is 14.9. The van der Waals surface area contributed by atoms with Gasteiger partial charge in [0.05, 0.1) is 11.8 Å². The van der Waals surface area contributed by atoms with Crippen molar-refractivity contribution < 1.29 is 19.4 Å². The Labute approximate surface area is 97.0 Å². The highest BCUT2D eigenvalue weighted by Gasteiger charge is 2.28. The average molecular weight is 230 g/mol. The lowest BCUT2D eigenvalue weighted by atomic mass is 9.93. The summed E-state index contributed by atoms with van der Waals surface area (Å²) in [4.78, 5) is 22.4. The number of aliphatic carboxylic acids is 1. The first-order chi connectivity index (χ1) is 7.25. The van der Waals surface area contributed by atoms with Crippen LogP contribution >= 0.6 is 0 Å². The molecule has 2 atom stereocenters. The second-order valence-electron chi connectivity index (χ2n) is 4.87. The van der Waals surface area contributed by atoms with E-state index < -0.39 is 18.0 Å². The lowest BCUT2D eigenvalue weighted by molar-refractivity contribution is -0.160. The van der Waals surface area contributed by atoms with Crippen molar-refractivity contribution in [2.24, 2.45) is 17.8 Å². The molecule has 4 heteroatoms. The number of carbonyl (C=O) groups is 2. The minimum absolute atomic E-state index is 0.226. The number of rotatable bonds is 6. The summed E-state index contributed by atoms with van der Waals surface area (Å²) in [6, 6.07) is 0. The van der Waals surface area contributed by atoms with E-state index in [0.29, 0.717) is 6.42 Å². The van der Waals surface area contributed by atoms with Gasteiger partial charge in [-0.25, -0.2) is 0 Å². The SMILES string of the molecule is CC(C)CC(C(=O)O)C(C)OC(=O)C(C)C. The van der Waals surface area contributed by atoms with E-state index in [0.717, 1.165) is 0 Å². The van der Waals surface area contributed by atoms with Crippen LogP contribution in [0, 0.1) is 17.8 Å². The standard InChI is InChI=1S/C12H22O4/c1-7(2)6-10(11(13)14)9(5)16-12(15)8(3)4/h7-10H,6H2,1-5H3,(H,13,14). The van der Waals surface area contributed by atoms with E-state index in [1.165, 1.54) is 0 Å². The highest BCUT2D eigenvalue weighted by Crippen LogP contribution is 2.19. The molecule has 0 heterocycles. The molecular formula is C12H22O4. The second kappa shape index (κ2) is 6.51. The van der Waals surface area contributed by atoms with Crippen LogP contribution in [-0.2, 0) is 14.3 Å². The monoisotopic (exact) mass is 230 g/mol. The van der Waals surface area contributed by atoms with Crippen LogP contribution in [0.3, 0.4) is 0 Å². The van der Waals surface area contributed by atoms with Gasteiger partial charge in [-0.1, -0.05) is 27.7 Å². The van der Waals surface area contributed by atoms with Gasteiger partial charge in [0.1, 0.15) is 6.10 Å². The molecule has 16 heavy (non-hydrogen) atoms. The Kier molecular flexibility index (Phi) is 6.08. The quantitative estimate of drug-likeness (QED) is 0.711. The van der Waals surface area contributed by atoms with E-state index in [1.54, 1.807) is 20.8 Å². The first-order valence-electron chi connectivity index (χ1n) is 5.69. The predicted octanol–water partition coefficient (Wildman–Crippen LogP) is 2.32. The molecule has 0 aromatic heterocycles. The topological polar surface area (TPSA) is 63.6 Å². The summed E-state index contributed by atoms with van der Waals surface area (Å²) < 4.78 is 5.12. The Morgan fingerprint density at radius 2 is 1.62 bits per heavy atom.